The van der Waals surface area contributed by atoms with Crippen LogP contribution in [0.5, 0.6) is 0 Å². The molecule has 0 spiro atoms. The van der Waals surface area contributed by atoms with E-state index in [-0.39, 0.29) is 11.9 Å². The number of hydrogen-bond acceptors (Lipinski definition) is 1. The first-order valence-electron chi connectivity index (χ1n) is 5.99. The van der Waals surface area contributed by atoms with Crippen LogP contribution in [-0.2, 0) is 6.54 Å². The van der Waals surface area contributed by atoms with Crippen molar-refractivity contribution in [3.63, 3.8) is 0 Å². The van der Waals surface area contributed by atoms with Gasteiger partial charge in [-0.05, 0) is 58.2 Å². The molecule has 0 heterocycles. The van der Waals surface area contributed by atoms with Gasteiger partial charge in [-0.2, -0.15) is 0 Å². The van der Waals surface area contributed by atoms with E-state index in [4.69, 9.17) is 0 Å². The lowest BCUT2D eigenvalue weighted by Gasteiger charge is -2.14. The van der Waals surface area contributed by atoms with Gasteiger partial charge in [-0.1, -0.05) is 34.1 Å². The third kappa shape index (κ3) is 4.13. The maximum atomic E-state index is 13.1. The highest BCUT2D eigenvalue weighted by atomic mass is 79.9. The van der Waals surface area contributed by atoms with Crippen LogP contribution in [0.1, 0.15) is 24.1 Å². The maximum absolute atomic E-state index is 13.1. The molecule has 0 aliphatic rings. The first kappa shape index (κ1) is 14.7. The minimum absolute atomic E-state index is 0.232. The minimum atomic E-state index is -0.232. The molecule has 1 N–H and O–H groups in total. The zero-order chi connectivity index (χ0) is 13.8. The summed E-state index contributed by atoms with van der Waals surface area (Å²) in [6.07, 6.45) is 0. The first-order chi connectivity index (χ1) is 9.06. The zero-order valence-electron chi connectivity index (χ0n) is 10.5. The van der Waals surface area contributed by atoms with Crippen LogP contribution >= 0.6 is 31.9 Å². The number of hydrogen-bond donors (Lipinski definition) is 1. The monoisotopic (exact) mass is 385 g/mol. The first-order valence-corrected chi connectivity index (χ1v) is 7.57. The highest BCUT2D eigenvalue weighted by Crippen LogP contribution is 2.19. The molecule has 0 aromatic heterocycles. The SMILES string of the molecule is C[C@H](NCc1ccc(F)c(Br)c1)c1ccc(Br)cc1. The molecular weight excluding hydrogens is 373 g/mol. The predicted molar refractivity (Wildman–Crippen MR) is 83.5 cm³/mol. The van der Waals surface area contributed by atoms with Crippen LogP contribution in [0, 0.1) is 5.82 Å². The van der Waals surface area contributed by atoms with Crippen molar-refractivity contribution in [3.05, 3.63) is 68.4 Å². The molecule has 2 aromatic rings. The third-order valence-electron chi connectivity index (χ3n) is 2.97. The van der Waals surface area contributed by atoms with Crippen molar-refractivity contribution in [3.8, 4) is 0 Å². The normalized spacial score (nSPS) is 12.4. The van der Waals surface area contributed by atoms with E-state index < -0.39 is 0 Å². The fourth-order valence-corrected chi connectivity index (χ4v) is 2.48. The predicted octanol–water partition coefficient (Wildman–Crippen LogP) is 5.20. The van der Waals surface area contributed by atoms with Gasteiger partial charge in [0, 0.05) is 17.1 Å². The van der Waals surface area contributed by atoms with Crippen LogP contribution < -0.4 is 5.32 Å². The van der Waals surface area contributed by atoms with Gasteiger partial charge in [0.15, 0.2) is 0 Å². The van der Waals surface area contributed by atoms with Crippen molar-refractivity contribution in [2.75, 3.05) is 0 Å². The molecule has 0 fully saturated rings. The van der Waals surface area contributed by atoms with E-state index in [0.717, 1.165) is 10.0 Å². The summed E-state index contributed by atoms with van der Waals surface area (Å²) in [5.74, 6) is -0.232. The van der Waals surface area contributed by atoms with Gasteiger partial charge in [0.25, 0.3) is 0 Å². The zero-order valence-corrected chi connectivity index (χ0v) is 13.6. The van der Waals surface area contributed by atoms with Crippen LogP contribution in [0.3, 0.4) is 0 Å². The molecule has 2 aromatic carbocycles. The average Bonchev–Trinajstić information content (AvgIpc) is 2.40. The number of rotatable bonds is 4. The van der Waals surface area contributed by atoms with E-state index in [1.807, 2.05) is 12.1 Å². The van der Waals surface area contributed by atoms with Gasteiger partial charge >= 0.3 is 0 Å². The molecule has 0 saturated carbocycles. The number of benzene rings is 2. The van der Waals surface area contributed by atoms with Gasteiger partial charge in [-0.25, -0.2) is 4.39 Å². The second-order valence-electron chi connectivity index (χ2n) is 4.40. The molecule has 0 saturated heterocycles. The molecule has 0 amide bonds. The van der Waals surface area contributed by atoms with Crippen molar-refractivity contribution >= 4 is 31.9 Å². The Labute approximate surface area is 129 Å². The molecule has 100 valence electrons. The third-order valence-corrected chi connectivity index (χ3v) is 4.10. The van der Waals surface area contributed by atoms with Crippen LogP contribution in [0.25, 0.3) is 0 Å². The van der Waals surface area contributed by atoms with Gasteiger partial charge in [0.2, 0.25) is 0 Å². The van der Waals surface area contributed by atoms with Crippen LogP contribution in [0.4, 0.5) is 4.39 Å². The minimum Gasteiger partial charge on any atom is -0.306 e. The Morgan fingerprint density at radius 3 is 2.42 bits per heavy atom. The summed E-state index contributed by atoms with van der Waals surface area (Å²) in [7, 11) is 0. The van der Waals surface area contributed by atoms with Crippen LogP contribution in [-0.4, -0.2) is 0 Å². The van der Waals surface area contributed by atoms with Crippen LogP contribution in [0.15, 0.2) is 51.4 Å². The smallest absolute Gasteiger partial charge is 0.137 e. The van der Waals surface area contributed by atoms with Crippen molar-refractivity contribution < 1.29 is 4.39 Å². The fourth-order valence-electron chi connectivity index (χ4n) is 1.79. The Bertz CT molecular complexity index is 555. The summed E-state index contributed by atoms with van der Waals surface area (Å²) >= 11 is 6.62. The topological polar surface area (TPSA) is 12.0 Å². The highest BCUT2D eigenvalue weighted by Gasteiger charge is 2.06. The molecule has 4 heteroatoms. The summed E-state index contributed by atoms with van der Waals surface area (Å²) in [5.41, 5.74) is 2.28. The molecule has 0 aliphatic heterocycles. The van der Waals surface area contributed by atoms with Crippen molar-refractivity contribution in [1.29, 1.82) is 0 Å². The van der Waals surface area contributed by atoms with Gasteiger partial charge in [-0.3, -0.25) is 0 Å². The summed E-state index contributed by atoms with van der Waals surface area (Å²) in [6.45, 7) is 2.82. The van der Waals surface area contributed by atoms with E-state index in [9.17, 15) is 4.39 Å². The molecule has 19 heavy (non-hydrogen) atoms. The van der Waals surface area contributed by atoms with Crippen molar-refractivity contribution in [2.24, 2.45) is 0 Å². The van der Waals surface area contributed by atoms with Gasteiger partial charge < -0.3 is 5.32 Å². The molecule has 2 rings (SSSR count). The Morgan fingerprint density at radius 1 is 1.11 bits per heavy atom. The lowest BCUT2D eigenvalue weighted by molar-refractivity contribution is 0.572. The summed E-state index contributed by atoms with van der Waals surface area (Å²) in [5, 5.41) is 3.42. The number of halogens is 3. The molecule has 0 unspecified atom stereocenters. The maximum Gasteiger partial charge on any atom is 0.137 e. The van der Waals surface area contributed by atoms with E-state index in [2.05, 4.69) is 56.2 Å². The van der Waals surface area contributed by atoms with Crippen LogP contribution in [0.2, 0.25) is 0 Å². The second-order valence-corrected chi connectivity index (χ2v) is 6.17. The van der Waals surface area contributed by atoms with Gasteiger partial charge in [0.05, 0.1) is 4.47 Å². The second kappa shape index (κ2) is 6.64. The van der Waals surface area contributed by atoms with Crippen molar-refractivity contribution in [1.82, 2.24) is 5.32 Å². The molecule has 1 nitrogen and oxygen atoms in total. The summed E-state index contributed by atoms with van der Waals surface area (Å²) < 4.78 is 14.7. The number of nitrogens with one attached hydrogen (secondary N) is 1. The Morgan fingerprint density at radius 2 is 1.79 bits per heavy atom. The average molecular weight is 387 g/mol. The van der Waals surface area contributed by atoms with E-state index in [1.165, 1.54) is 11.6 Å². The van der Waals surface area contributed by atoms with E-state index >= 15 is 0 Å². The molecule has 0 radical (unpaired) electrons. The Hall–Kier alpha value is -0.710. The van der Waals surface area contributed by atoms with Gasteiger partial charge in [-0.15, -0.1) is 0 Å². The quantitative estimate of drug-likeness (QED) is 0.761. The lowest BCUT2D eigenvalue weighted by Crippen LogP contribution is -2.18. The van der Waals surface area contributed by atoms with E-state index in [1.54, 1.807) is 12.1 Å². The highest BCUT2D eigenvalue weighted by molar-refractivity contribution is 9.10. The molecular formula is C15H14Br2FN. The molecule has 0 bridgehead atoms. The van der Waals surface area contributed by atoms with Crippen molar-refractivity contribution in [2.45, 2.75) is 19.5 Å². The van der Waals surface area contributed by atoms with Gasteiger partial charge in [0.1, 0.15) is 5.82 Å². The fraction of sp³-hybridized carbons (Fsp3) is 0.200. The lowest BCUT2D eigenvalue weighted by atomic mass is 10.1. The Kier molecular flexibility index (Phi) is 5.13. The summed E-state index contributed by atoms with van der Waals surface area (Å²) in [4.78, 5) is 0. The molecule has 0 aliphatic carbocycles. The Balaban J connectivity index is 1.98. The summed E-state index contributed by atoms with van der Waals surface area (Å²) in [6, 6.07) is 13.6. The standard InChI is InChI=1S/C15H14Br2FN/c1-10(12-3-5-13(16)6-4-12)19-9-11-2-7-15(18)14(17)8-11/h2-8,10,19H,9H2,1H3/t10-/m0/s1. The molecule has 1 atom stereocenters. The van der Waals surface area contributed by atoms with E-state index in [0.29, 0.717) is 11.0 Å². The largest absolute Gasteiger partial charge is 0.306 e.